The second kappa shape index (κ2) is 12.1. The highest BCUT2D eigenvalue weighted by Crippen LogP contribution is 2.35. The number of Topliss-reactive ketones (excluding diaryl/α,β-unsaturated/α-hetero) is 1. The molecule has 0 saturated carbocycles. The minimum Gasteiger partial charge on any atom is -0.345 e. The predicted octanol–water partition coefficient (Wildman–Crippen LogP) is 3.89. The highest BCUT2D eigenvalue weighted by molar-refractivity contribution is 7.90. The molecule has 2 aromatic carbocycles. The summed E-state index contributed by atoms with van der Waals surface area (Å²) in [5.41, 5.74) is -1.01. The Morgan fingerprint density at radius 3 is 2.10 bits per heavy atom. The van der Waals surface area contributed by atoms with Crippen LogP contribution in [0.25, 0.3) is 11.1 Å². The maximum absolute atomic E-state index is 14.6. The smallest absolute Gasteiger partial charge is 0.345 e. The number of benzene rings is 2. The first kappa shape index (κ1) is 30.7. The SMILES string of the molecule is CC(C)(F)C[C@H](N[C@@H](c1ccc(-c2ccc(S(C)(=O)=O)cc2)cc1)C(F)(F)F)C(=O)NC1CCCNCC1=O. The van der Waals surface area contributed by atoms with E-state index in [4.69, 9.17) is 0 Å². The van der Waals surface area contributed by atoms with Crippen molar-refractivity contribution in [3.05, 3.63) is 54.1 Å². The Labute approximate surface area is 225 Å². The molecule has 214 valence electrons. The second-order valence-electron chi connectivity index (χ2n) is 10.4. The minimum atomic E-state index is -4.82. The number of carbonyl (C=O) groups excluding carboxylic acids is 2. The Morgan fingerprint density at radius 2 is 1.59 bits per heavy atom. The second-order valence-corrected chi connectivity index (χ2v) is 12.4. The average Bonchev–Trinajstić information content (AvgIpc) is 3.03. The predicted molar refractivity (Wildman–Crippen MR) is 140 cm³/mol. The van der Waals surface area contributed by atoms with Crippen LogP contribution in [-0.4, -0.2) is 63.4 Å². The van der Waals surface area contributed by atoms with Gasteiger partial charge in [0.25, 0.3) is 0 Å². The third kappa shape index (κ3) is 8.84. The zero-order valence-corrected chi connectivity index (χ0v) is 22.8. The monoisotopic (exact) mass is 571 g/mol. The van der Waals surface area contributed by atoms with Crippen molar-refractivity contribution in [2.24, 2.45) is 0 Å². The first-order valence-electron chi connectivity index (χ1n) is 12.5. The third-order valence-corrected chi connectivity index (χ3v) is 7.54. The van der Waals surface area contributed by atoms with Gasteiger partial charge >= 0.3 is 6.18 Å². The van der Waals surface area contributed by atoms with Gasteiger partial charge in [0.15, 0.2) is 15.6 Å². The van der Waals surface area contributed by atoms with E-state index < -0.39 is 52.1 Å². The molecule has 1 fully saturated rings. The molecule has 0 aliphatic carbocycles. The summed E-state index contributed by atoms with van der Waals surface area (Å²) in [5.74, 6) is -1.16. The normalized spacial score (nSPS) is 18.7. The summed E-state index contributed by atoms with van der Waals surface area (Å²) in [5, 5.41) is 7.73. The quantitative estimate of drug-likeness (QED) is 0.395. The molecule has 3 N–H and O–H groups in total. The van der Waals surface area contributed by atoms with Gasteiger partial charge in [-0.2, -0.15) is 13.2 Å². The van der Waals surface area contributed by atoms with Crippen LogP contribution >= 0.6 is 0 Å². The zero-order chi connectivity index (χ0) is 29.0. The third-order valence-electron chi connectivity index (χ3n) is 6.41. The summed E-state index contributed by atoms with van der Waals surface area (Å²) in [6.07, 6.45) is -3.37. The Balaban J connectivity index is 1.85. The van der Waals surface area contributed by atoms with Crippen LogP contribution in [0.3, 0.4) is 0 Å². The Kier molecular flexibility index (Phi) is 9.56. The van der Waals surface area contributed by atoms with Crippen LogP contribution < -0.4 is 16.0 Å². The number of alkyl halides is 4. The molecule has 12 heteroatoms. The number of sulfone groups is 1. The maximum atomic E-state index is 14.6. The topological polar surface area (TPSA) is 104 Å². The average molecular weight is 572 g/mol. The van der Waals surface area contributed by atoms with Gasteiger partial charge in [-0.25, -0.2) is 12.8 Å². The van der Waals surface area contributed by atoms with Crippen LogP contribution in [-0.2, 0) is 19.4 Å². The summed E-state index contributed by atoms with van der Waals surface area (Å²) in [7, 11) is -3.40. The molecule has 1 saturated heterocycles. The van der Waals surface area contributed by atoms with Gasteiger partial charge in [-0.05, 0) is 62.1 Å². The summed E-state index contributed by atoms with van der Waals surface area (Å²) in [6.45, 7) is 2.95. The van der Waals surface area contributed by atoms with Crippen molar-refractivity contribution in [1.29, 1.82) is 0 Å². The van der Waals surface area contributed by atoms with Crippen LogP contribution in [0.15, 0.2) is 53.4 Å². The lowest BCUT2D eigenvalue weighted by atomic mass is 9.96. The molecule has 1 aliphatic heterocycles. The van der Waals surface area contributed by atoms with Crippen molar-refractivity contribution in [3.63, 3.8) is 0 Å². The highest BCUT2D eigenvalue weighted by Gasteiger charge is 2.44. The maximum Gasteiger partial charge on any atom is 0.407 e. The summed E-state index contributed by atoms with van der Waals surface area (Å²) in [4.78, 5) is 25.5. The molecule has 1 unspecified atom stereocenters. The molecule has 3 rings (SSSR count). The molecule has 3 atom stereocenters. The van der Waals surface area contributed by atoms with Gasteiger partial charge < -0.3 is 10.6 Å². The van der Waals surface area contributed by atoms with Gasteiger partial charge in [0.1, 0.15) is 11.7 Å². The van der Waals surface area contributed by atoms with Gasteiger partial charge in [-0.3, -0.25) is 14.9 Å². The number of halogens is 4. The van der Waals surface area contributed by atoms with E-state index in [2.05, 4.69) is 16.0 Å². The number of amides is 1. The van der Waals surface area contributed by atoms with Gasteiger partial charge in [0.2, 0.25) is 5.91 Å². The van der Waals surface area contributed by atoms with Crippen LogP contribution in [0, 0.1) is 0 Å². The van der Waals surface area contributed by atoms with E-state index in [9.17, 15) is 35.6 Å². The number of nitrogens with one attached hydrogen (secondary N) is 3. The molecule has 0 radical (unpaired) electrons. The minimum absolute atomic E-state index is 0.0339. The molecule has 1 amide bonds. The van der Waals surface area contributed by atoms with Crippen molar-refractivity contribution in [2.75, 3.05) is 19.3 Å². The van der Waals surface area contributed by atoms with E-state index in [0.717, 1.165) is 6.26 Å². The van der Waals surface area contributed by atoms with Crippen molar-refractivity contribution in [3.8, 4) is 11.1 Å². The molecule has 0 aromatic heterocycles. The molecule has 1 heterocycles. The van der Waals surface area contributed by atoms with Crippen molar-refractivity contribution in [1.82, 2.24) is 16.0 Å². The van der Waals surface area contributed by atoms with Gasteiger partial charge in [0, 0.05) is 12.7 Å². The molecule has 7 nitrogen and oxygen atoms in total. The molecule has 0 spiro atoms. The fraction of sp³-hybridized carbons (Fsp3) is 0.481. The molecular formula is C27H33F4N3O4S. The number of carbonyl (C=O) groups is 2. The van der Waals surface area contributed by atoms with Crippen LogP contribution in [0.1, 0.15) is 44.7 Å². The van der Waals surface area contributed by atoms with E-state index in [1.165, 1.54) is 50.2 Å². The van der Waals surface area contributed by atoms with Crippen molar-refractivity contribution in [2.45, 2.75) is 68.0 Å². The lowest BCUT2D eigenvalue weighted by molar-refractivity contribution is -0.161. The molecular weight excluding hydrogens is 538 g/mol. The highest BCUT2D eigenvalue weighted by atomic mass is 32.2. The molecule has 1 aliphatic rings. The van der Waals surface area contributed by atoms with E-state index in [1.807, 2.05) is 0 Å². The van der Waals surface area contributed by atoms with Crippen LogP contribution in [0.4, 0.5) is 17.6 Å². The standard InChI is InChI=1S/C27H33F4N3O4S/c1-26(2,28)15-22(25(36)34-21-5-4-14-32-16-23(21)35)33-24(27(29,30)31)19-8-6-17(7-9-19)18-10-12-20(13-11-18)39(3,37)38/h6-13,21-22,24,32-33H,4-5,14-16H2,1-3H3,(H,34,36)/t21?,22-,24-/m0/s1. The van der Waals surface area contributed by atoms with Crippen LogP contribution in [0.5, 0.6) is 0 Å². The van der Waals surface area contributed by atoms with Crippen LogP contribution in [0.2, 0.25) is 0 Å². The fourth-order valence-corrected chi connectivity index (χ4v) is 5.04. The van der Waals surface area contributed by atoms with Crippen molar-refractivity contribution >= 4 is 21.5 Å². The van der Waals surface area contributed by atoms with Gasteiger partial charge in [-0.15, -0.1) is 0 Å². The van der Waals surface area contributed by atoms with E-state index in [-0.39, 0.29) is 22.8 Å². The number of hydrogen-bond donors (Lipinski definition) is 3. The fourth-order valence-electron chi connectivity index (χ4n) is 4.41. The summed E-state index contributed by atoms with van der Waals surface area (Å²) >= 11 is 0. The number of ketones is 1. The molecule has 39 heavy (non-hydrogen) atoms. The lowest BCUT2D eigenvalue weighted by Gasteiger charge is -2.30. The van der Waals surface area contributed by atoms with E-state index in [0.29, 0.717) is 30.5 Å². The summed E-state index contributed by atoms with van der Waals surface area (Å²) in [6, 6.07) is 6.63. The van der Waals surface area contributed by atoms with Gasteiger partial charge in [0.05, 0.1) is 23.5 Å². The number of rotatable bonds is 9. The lowest BCUT2D eigenvalue weighted by Crippen LogP contribution is -2.54. The van der Waals surface area contributed by atoms with Crippen molar-refractivity contribution < 1.29 is 35.6 Å². The first-order chi connectivity index (χ1) is 18.0. The number of hydrogen-bond acceptors (Lipinski definition) is 6. The largest absolute Gasteiger partial charge is 0.407 e. The van der Waals surface area contributed by atoms with E-state index in [1.54, 1.807) is 12.1 Å². The zero-order valence-electron chi connectivity index (χ0n) is 21.9. The molecule has 0 bridgehead atoms. The summed E-state index contributed by atoms with van der Waals surface area (Å²) < 4.78 is 80.6. The van der Waals surface area contributed by atoms with Gasteiger partial charge in [-0.1, -0.05) is 36.4 Å². The Hall–Kier alpha value is -2.83. The Morgan fingerprint density at radius 1 is 1.03 bits per heavy atom. The molecule has 2 aromatic rings. The Bertz CT molecular complexity index is 1260. The van der Waals surface area contributed by atoms with E-state index >= 15 is 0 Å². The first-order valence-corrected chi connectivity index (χ1v) is 14.4.